The van der Waals surface area contributed by atoms with Crippen molar-refractivity contribution >= 4 is 28.6 Å². The van der Waals surface area contributed by atoms with Crippen LogP contribution in [-0.2, 0) is 4.74 Å². The molecule has 1 aromatic rings. The van der Waals surface area contributed by atoms with Gasteiger partial charge in [-0.1, -0.05) is 0 Å². The van der Waals surface area contributed by atoms with E-state index < -0.39 is 10.8 Å². The number of ether oxygens (including phenoxy) is 1. The number of hydrogen-bond donors (Lipinski definition) is 3. The number of nitrogens with one attached hydrogen (secondary N) is 2. The molecule has 0 radical (unpaired) electrons. The van der Waals surface area contributed by atoms with Gasteiger partial charge in [-0.3, -0.25) is 20.9 Å². The molecule has 0 bridgehead atoms. The van der Waals surface area contributed by atoms with Gasteiger partial charge >= 0.3 is 0 Å². The summed E-state index contributed by atoms with van der Waals surface area (Å²) in [6.07, 6.45) is 0. The molecule has 1 heterocycles. The van der Waals surface area contributed by atoms with Gasteiger partial charge < -0.3 is 15.4 Å². The van der Waals surface area contributed by atoms with E-state index >= 15 is 0 Å². The van der Waals surface area contributed by atoms with Gasteiger partial charge in [0, 0.05) is 19.2 Å². The molecule has 0 aromatic heterocycles. The average molecular weight is 331 g/mol. The molecule has 1 fully saturated rings. The number of nitriles is 1. The molecule has 0 unspecified atom stereocenters. The van der Waals surface area contributed by atoms with E-state index in [0.717, 1.165) is 0 Å². The van der Waals surface area contributed by atoms with Crippen molar-refractivity contribution in [3.8, 4) is 6.07 Å². The van der Waals surface area contributed by atoms with E-state index in [1.54, 1.807) is 19.1 Å². The maximum Gasteiger partial charge on any atom is 0.292 e. The van der Waals surface area contributed by atoms with Crippen molar-refractivity contribution in [2.24, 2.45) is 10.8 Å². The number of benzene rings is 1. The molecular weight excluding hydrogens is 314 g/mol. The fourth-order valence-corrected chi connectivity index (χ4v) is 2.27. The van der Waals surface area contributed by atoms with Crippen LogP contribution in [0.5, 0.6) is 0 Å². The Labute approximate surface area is 138 Å². The molecule has 10 heteroatoms. The normalized spacial score (nSPS) is 14.8. The maximum absolute atomic E-state index is 11.3. The molecule has 4 N–H and O–H groups in total. The van der Waals surface area contributed by atoms with Crippen LogP contribution in [0.2, 0.25) is 0 Å². The summed E-state index contributed by atoms with van der Waals surface area (Å²) in [5.41, 5.74) is 9.16. The molecule has 1 aromatic carbocycles. The first kappa shape index (κ1) is 17.2. The first-order valence-corrected chi connectivity index (χ1v) is 7.14. The van der Waals surface area contributed by atoms with Crippen molar-refractivity contribution < 1.29 is 9.66 Å². The van der Waals surface area contributed by atoms with Gasteiger partial charge in [-0.25, -0.2) is 0 Å². The number of amidine groups is 1. The number of rotatable bonds is 5. The molecule has 0 aliphatic carbocycles. The highest BCUT2D eigenvalue weighted by molar-refractivity contribution is 6.45. The summed E-state index contributed by atoms with van der Waals surface area (Å²) >= 11 is 0. The molecule has 24 heavy (non-hydrogen) atoms. The number of nitro groups is 1. The van der Waals surface area contributed by atoms with Gasteiger partial charge in [0.05, 0.1) is 23.8 Å². The highest BCUT2D eigenvalue weighted by atomic mass is 16.6. The van der Waals surface area contributed by atoms with Crippen molar-refractivity contribution in [3.05, 3.63) is 27.8 Å². The number of hydrogen-bond acceptors (Lipinski definition) is 8. The standard InChI is InChI=1S/C14H17N7O3/c1-9-6-13(21(22)23)12(20-2-4-24-5-3-20)7-10(9)18-19-11(8-15)14(16)17/h6-7,18H,2-5H2,1H3,(H3,16,17)/b19-11+. The number of anilines is 2. The zero-order chi connectivity index (χ0) is 17.7. The van der Waals surface area contributed by atoms with Gasteiger partial charge in [0.15, 0.2) is 5.84 Å². The molecular formula is C14H17N7O3. The Morgan fingerprint density at radius 1 is 1.54 bits per heavy atom. The van der Waals surface area contributed by atoms with Crippen LogP contribution in [-0.4, -0.2) is 42.8 Å². The van der Waals surface area contributed by atoms with Gasteiger partial charge in [-0.2, -0.15) is 10.4 Å². The van der Waals surface area contributed by atoms with E-state index in [9.17, 15) is 10.1 Å². The summed E-state index contributed by atoms with van der Waals surface area (Å²) in [4.78, 5) is 12.8. The molecule has 1 aliphatic rings. The number of nitrogens with two attached hydrogens (primary N) is 1. The van der Waals surface area contributed by atoms with Crippen molar-refractivity contribution in [2.75, 3.05) is 36.6 Å². The van der Waals surface area contributed by atoms with Crippen LogP contribution in [0.1, 0.15) is 5.56 Å². The highest BCUT2D eigenvalue weighted by Gasteiger charge is 2.23. The number of hydrazone groups is 1. The third-order valence-corrected chi connectivity index (χ3v) is 3.52. The van der Waals surface area contributed by atoms with Crippen molar-refractivity contribution in [3.63, 3.8) is 0 Å². The van der Waals surface area contributed by atoms with Crippen molar-refractivity contribution in [1.82, 2.24) is 0 Å². The molecule has 10 nitrogen and oxygen atoms in total. The van der Waals surface area contributed by atoms with Crippen LogP contribution in [0.3, 0.4) is 0 Å². The molecule has 2 rings (SSSR count). The smallest absolute Gasteiger partial charge is 0.292 e. The van der Waals surface area contributed by atoms with Gasteiger partial charge in [0.1, 0.15) is 11.8 Å². The number of nitro benzene ring substituents is 1. The van der Waals surface area contributed by atoms with E-state index in [0.29, 0.717) is 43.2 Å². The van der Waals surface area contributed by atoms with E-state index in [1.165, 1.54) is 6.07 Å². The second-order valence-electron chi connectivity index (χ2n) is 5.11. The number of morpholine rings is 1. The van der Waals surface area contributed by atoms with Crippen molar-refractivity contribution in [2.45, 2.75) is 6.92 Å². The van der Waals surface area contributed by atoms with Crippen LogP contribution in [0.25, 0.3) is 0 Å². The first-order valence-electron chi connectivity index (χ1n) is 7.14. The van der Waals surface area contributed by atoms with Gasteiger partial charge in [0.25, 0.3) is 5.69 Å². The second kappa shape index (κ2) is 7.38. The first-order chi connectivity index (χ1) is 11.4. The maximum atomic E-state index is 11.3. The van der Waals surface area contributed by atoms with E-state index in [4.69, 9.17) is 21.1 Å². The van der Waals surface area contributed by atoms with Crippen LogP contribution >= 0.6 is 0 Å². The molecule has 1 aliphatic heterocycles. The largest absolute Gasteiger partial charge is 0.382 e. The fourth-order valence-electron chi connectivity index (χ4n) is 2.27. The monoisotopic (exact) mass is 331 g/mol. The Balaban J connectivity index is 2.41. The fraction of sp³-hybridized carbons (Fsp3) is 0.357. The lowest BCUT2D eigenvalue weighted by atomic mass is 10.1. The minimum Gasteiger partial charge on any atom is -0.382 e. The van der Waals surface area contributed by atoms with Gasteiger partial charge in [-0.05, 0) is 18.6 Å². The average Bonchev–Trinajstić information content (AvgIpc) is 2.56. The molecule has 0 atom stereocenters. The van der Waals surface area contributed by atoms with Gasteiger partial charge in [0.2, 0.25) is 5.71 Å². The summed E-state index contributed by atoms with van der Waals surface area (Å²) in [6, 6.07) is 4.76. The van der Waals surface area contributed by atoms with Crippen LogP contribution in [0, 0.1) is 33.8 Å². The number of nitrogens with zero attached hydrogens (tertiary/aromatic N) is 4. The van der Waals surface area contributed by atoms with E-state index in [2.05, 4.69) is 10.5 Å². The Morgan fingerprint density at radius 2 is 2.21 bits per heavy atom. The Kier molecular flexibility index (Phi) is 5.28. The van der Waals surface area contributed by atoms with E-state index in [-0.39, 0.29) is 11.4 Å². The third kappa shape index (κ3) is 3.76. The predicted molar refractivity (Wildman–Crippen MR) is 89.5 cm³/mol. The lowest BCUT2D eigenvalue weighted by Gasteiger charge is -2.29. The van der Waals surface area contributed by atoms with Crippen LogP contribution in [0.15, 0.2) is 17.2 Å². The Hall–Kier alpha value is -3.19. The van der Waals surface area contributed by atoms with Crippen LogP contribution < -0.4 is 16.1 Å². The predicted octanol–water partition coefficient (Wildman–Crippen LogP) is 0.967. The summed E-state index contributed by atoms with van der Waals surface area (Å²) in [5, 5.41) is 31.2. The molecule has 126 valence electrons. The third-order valence-electron chi connectivity index (χ3n) is 3.52. The Morgan fingerprint density at radius 3 is 2.75 bits per heavy atom. The molecule has 1 saturated heterocycles. The second-order valence-corrected chi connectivity index (χ2v) is 5.11. The Bertz CT molecular complexity index is 733. The summed E-state index contributed by atoms with van der Waals surface area (Å²) in [6.45, 7) is 3.77. The quantitative estimate of drug-likeness (QED) is 0.314. The summed E-state index contributed by atoms with van der Waals surface area (Å²) in [5.74, 6) is -0.460. The SMILES string of the molecule is Cc1cc([N+](=O)[O-])c(N2CCOCC2)cc1N/N=C(\C#N)C(=N)N. The van der Waals surface area contributed by atoms with Gasteiger partial charge in [-0.15, -0.1) is 0 Å². The van der Waals surface area contributed by atoms with Crippen molar-refractivity contribution in [1.29, 1.82) is 10.7 Å². The number of aryl methyl sites for hydroxylation is 1. The minimum absolute atomic E-state index is 0.00370. The highest BCUT2D eigenvalue weighted by Crippen LogP contribution is 2.34. The lowest BCUT2D eigenvalue weighted by molar-refractivity contribution is -0.384. The lowest BCUT2D eigenvalue weighted by Crippen LogP contribution is -2.36. The minimum atomic E-state index is -0.460. The topological polar surface area (TPSA) is 154 Å². The molecule has 0 spiro atoms. The van der Waals surface area contributed by atoms with E-state index in [1.807, 2.05) is 4.90 Å². The van der Waals surface area contributed by atoms with Crippen LogP contribution in [0.4, 0.5) is 17.1 Å². The molecule has 0 amide bonds. The summed E-state index contributed by atoms with van der Waals surface area (Å²) in [7, 11) is 0. The zero-order valence-electron chi connectivity index (χ0n) is 13.1. The summed E-state index contributed by atoms with van der Waals surface area (Å²) < 4.78 is 5.27. The zero-order valence-corrected chi connectivity index (χ0v) is 13.1. The molecule has 0 saturated carbocycles.